The number of carbonyl (C=O) groups is 2. The van der Waals surface area contributed by atoms with Gasteiger partial charge in [-0.3, -0.25) is 9.59 Å². The highest BCUT2D eigenvalue weighted by molar-refractivity contribution is 5.94. The molecule has 5 nitrogen and oxygen atoms in total. The molecule has 0 spiro atoms. The van der Waals surface area contributed by atoms with Gasteiger partial charge in [0.25, 0.3) is 5.91 Å². The van der Waals surface area contributed by atoms with E-state index in [1.165, 1.54) is 0 Å². The number of carboxylic acid groups (broad SMARTS) is 1. The van der Waals surface area contributed by atoms with Crippen molar-refractivity contribution in [1.82, 2.24) is 5.32 Å². The molecule has 2 rings (SSSR count). The van der Waals surface area contributed by atoms with Gasteiger partial charge in [-0.05, 0) is 37.0 Å². The van der Waals surface area contributed by atoms with Crippen LogP contribution >= 0.6 is 0 Å². The monoisotopic (exact) mass is 277 g/mol. The van der Waals surface area contributed by atoms with Crippen LogP contribution in [0.15, 0.2) is 24.3 Å². The Balaban J connectivity index is 1.94. The van der Waals surface area contributed by atoms with E-state index < -0.39 is 5.97 Å². The summed E-state index contributed by atoms with van der Waals surface area (Å²) in [5.74, 6) is -1.33. The number of hydrogen-bond donors (Lipinski definition) is 3. The van der Waals surface area contributed by atoms with Gasteiger partial charge in [-0.25, -0.2) is 0 Å². The average Bonchev–Trinajstić information content (AvgIpc) is 2.47. The number of amides is 1. The van der Waals surface area contributed by atoms with E-state index in [0.717, 1.165) is 18.4 Å². The van der Waals surface area contributed by atoms with Gasteiger partial charge >= 0.3 is 5.97 Å². The molecule has 1 aromatic rings. The molecule has 2 atom stereocenters. The van der Waals surface area contributed by atoms with Crippen LogP contribution in [0.5, 0.6) is 0 Å². The molecule has 0 aliphatic heterocycles. The zero-order chi connectivity index (χ0) is 14.5. The molecule has 20 heavy (non-hydrogen) atoms. The molecule has 1 amide bonds. The summed E-state index contributed by atoms with van der Waals surface area (Å²) >= 11 is 0. The zero-order valence-electron chi connectivity index (χ0n) is 11.2. The van der Waals surface area contributed by atoms with E-state index in [1.807, 2.05) is 0 Å². The van der Waals surface area contributed by atoms with Crippen molar-refractivity contribution >= 4 is 11.9 Å². The highest BCUT2D eigenvalue weighted by Crippen LogP contribution is 2.24. The molecule has 1 saturated carbocycles. The quantitative estimate of drug-likeness (QED) is 0.779. The summed E-state index contributed by atoms with van der Waals surface area (Å²) < 4.78 is 0. The summed E-state index contributed by atoms with van der Waals surface area (Å²) in [6.45, 7) is -0.0508. The van der Waals surface area contributed by atoms with Gasteiger partial charge in [0.2, 0.25) is 0 Å². The SMILES string of the molecule is O=C(NC1CCCC(C(=O)O)C1)c1ccc(CO)cc1. The number of hydrogen-bond acceptors (Lipinski definition) is 3. The fourth-order valence-electron chi connectivity index (χ4n) is 2.58. The van der Waals surface area contributed by atoms with E-state index in [4.69, 9.17) is 10.2 Å². The highest BCUT2D eigenvalue weighted by atomic mass is 16.4. The van der Waals surface area contributed by atoms with Crippen LogP contribution in [-0.4, -0.2) is 28.1 Å². The number of aliphatic hydroxyl groups is 1. The maximum atomic E-state index is 12.1. The second-order valence-corrected chi connectivity index (χ2v) is 5.23. The first-order chi connectivity index (χ1) is 9.60. The number of aliphatic carboxylic acids is 1. The van der Waals surface area contributed by atoms with Crippen LogP contribution in [0, 0.1) is 5.92 Å². The van der Waals surface area contributed by atoms with Gasteiger partial charge in [0, 0.05) is 11.6 Å². The molecule has 0 radical (unpaired) electrons. The molecular weight excluding hydrogens is 258 g/mol. The van der Waals surface area contributed by atoms with E-state index in [0.29, 0.717) is 18.4 Å². The number of benzene rings is 1. The third-order valence-electron chi connectivity index (χ3n) is 3.76. The Bertz CT molecular complexity index is 483. The van der Waals surface area contributed by atoms with Crippen LogP contribution in [0.3, 0.4) is 0 Å². The van der Waals surface area contributed by atoms with Gasteiger partial charge in [-0.1, -0.05) is 18.6 Å². The predicted molar refractivity (Wildman–Crippen MR) is 73.2 cm³/mol. The van der Waals surface area contributed by atoms with Crippen LogP contribution in [0.1, 0.15) is 41.6 Å². The summed E-state index contributed by atoms with van der Waals surface area (Å²) in [6, 6.07) is 6.66. The maximum absolute atomic E-state index is 12.1. The van der Waals surface area contributed by atoms with Crippen molar-refractivity contribution in [3.63, 3.8) is 0 Å². The maximum Gasteiger partial charge on any atom is 0.306 e. The van der Waals surface area contributed by atoms with Crippen molar-refractivity contribution in [2.45, 2.75) is 38.3 Å². The van der Waals surface area contributed by atoms with E-state index in [1.54, 1.807) is 24.3 Å². The van der Waals surface area contributed by atoms with Gasteiger partial charge in [0.15, 0.2) is 0 Å². The molecule has 0 heterocycles. The molecule has 1 aromatic carbocycles. The Morgan fingerprint density at radius 2 is 1.90 bits per heavy atom. The number of aliphatic hydroxyl groups excluding tert-OH is 1. The van der Waals surface area contributed by atoms with E-state index in [2.05, 4.69) is 5.32 Å². The smallest absolute Gasteiger partial charge is 0.306 e. The normalized spacial score (nSPS) is 22.2. The molecule has 2 unspecified atom stereocenters. The molecule has 0 bridgehead atoms. The Morgan fingerprint density at radius 3 is 2.50 bits per heavy atom. The van der Waals surface area contributed by atoms with Crippen LogP contribution in [-0.2, 0) is 11.4 Å². The summed E-state index contributed by atoms with van der Waals surface area (Å²) in [5.41, 5.74) is 1.28. The Morgan fingerprint density at radius 1 is 1.20 bits per heavy atom. The van der Waals surface area contributed by atoms with Crippen molar-refractivity contribution in [3.8, 4) is 0 Å². The van der Waals surface area contributed by atoms with E-state index >= 15 is 0 Å². The molecular formula is C15H19NO4. The summed E-state index contributed by atoms with van der Waals surface area (Å²) in [7, 11) is 0. The lowest BCUT2D eigenvalue weighted by Crippen LogP contribution is -2.39. The van der Waals surface area contributed by atoms with Crippen LogP contribution in [0.25, 0.3) is 0 Å². The molecule has 0 saturated heterocycles. The van der Waals surface area contributed by atoms with Gasteiger partial charge in [-0.15, -0.1) is 0 Å². The molecule has 1 aliphatic rings. The van der Waals surface area contributed by atoms with Crippen molar-refractivity contribution in [3.05, 3.63) is 35.4 Å². The highest BCUT2D eigenvalue weighted by Gasteiger charge is 2.27. The Kier molecular flexibility index (Phi) is 4.74. The summed E-state index contributed by atoms with van der Waals surface area (Å²) in [4.78, 5) is 23.1. The minimum absolute atomic E-state index is 0.0508. The number of nitrogens with one attached hydrogen (secondary N) is 1. The topological polar surface area (TPSA) is 86.6 Å². The number of carbonyl (C=O) groups excluding carboxylic acids is 1. The lowest BCUT2D eigenvalue weighted by molar-refractivity contribution is -0.143. The zero-order valence-corrected chi connectivity index (χ0v) is 11.2. The van der Waals surface area contributed by atoms with Crippen molar-refractivity contribution < 1.29 is 19.8 Å². The van der Waals surface area contributed by atoms with Crippen molar-refractivity contribution in [2.75, 3.05) is 0 Å². The first-order valence-corrected chi connectivity index (χ1v) is 6.83. The van der Waals surface area contributed by atoms with Crippen LogP contribution in [0.2, 0.25) is 0 Å². The molecule has 108 valence electrons. The average molecular weight is 277 g/mol. The van der Waals surface area contributed by atoms with Crippen molar-refractivity contribution in [2.24, 2.45) is 5.92 Å². The molecule has 3 N–H and O–H groups in total. The first kappa shape index (κ1) is 14.5. The van der Waals surface area contributed by atoms with Crippen molar-refractivity contribution in [1.29, 1.82) is 0 Å². The lowest BCUT2D eigenvalue weighted by atomic mass is 9.85. The summed E-state index contributed by atoms with van der Waals surface area (Å²) in [6.07, 6.45) is 2.83. The number of rotatable bonds is 4. The fraction of sp³-hybridized carbons (Fsp3) is 0.467. The first-order valence-electron chi connectivity index (χ1n) is 6.83. The standard InChI is InChI=1S/C15H19NO4/c17-9-10-4-6-11(7-5-10)14(18)16-13-3-1-2-12(8-13)15(19)20/h4-7,12-13,17H,1-3,8-9H2,(H,16,18)(H,19,20). The minimum Gasteiger partial charge on any atom is -0.481 e. The Labute approximate surface area is 117 Å². The second-order valence-electron chi connectivity index (χ2n) is 5.23. The lowest BCUT2D eigenvalue weighted by Gasteiger charge is -2.27. The van der Waals surface area contributed by atoms with E-state index in [9.17, 15) is 9.59 Å². The Hall–Kier alpha value is -1.88. The van der Waals surface area contributed by atoms with Gasteiger partial charge < -0.3 is 15.5 Å². The minimum atomic E-state index is -0.781. The van der Waals surface area contributed by atoms with Gasteiger partial charge in [0.1, 0.15) is 0 Å². The molecule has 1 aliphatic carbocycles. The van der Waals surface area contributed by atoms with Gasteiger partial charge in [-0.2, -0.15) is 0 Å². The second kappa shape index (κ2) is 6.52. The summed E-state index contributed by atoms with van der Waals surface area (Å²) in [5, 5.41) is 20.9. The third-order valence-corrected chi connectivity index (χ3v) is 3.76. The van der Waals surface area contributed by atoms with Crippen LogP contribution in [0.4, 0.5) is 0 Å². The predicted octanol–water partition coefficient (Wildman–Crippen LogP) is 1.55. The van der Waals surface area contributed by atoms with E-state index in [-0.39, 0.29) is 24.5 Å². The van der Waals surface area contributed by atoms with Gasteiger partial charge in [0.05, 0.1) is 12.5 Å². The number of carboxylic acids is 1. The van der Waals surface area contributed by atoms with Crippen LogP contribution < -0.4 is 5.32 Å². The molecule has 5 heteroatoms. The fourth-order valence-corrected chi connectivity index (χ4v) is 2.58. The third kappa shape index (κ3) is 3.57. The molecule has 1 fully saturated rings. The molecule has 0 aromatic heterocycles. The largest absolute Gasteiger partial charge is 0.481 e.